The normalized spacial score (nSPS) is 17.8. The van der Waals surface area contributed by atoms with Crippen molar-refractivity contribution in [2.75, 3.05) is 24.6 Å². The number of nitrogens with one attached hydrogen (secondary N) is 1. The monoisotopic (exact) mass is 447 g/mol. The van der Waals surface area contributed by atoms with Crippen molar-refractivity contribution in [1.29, 1.82) is 5.26 Å². The summed E-state index contributed by atoms with van der Waals surface area (Å²) in [5.74, 6) is 1.29. The Labute approximate surface area is 188 Å². The number of hydrogen-bond acceptors (Lipinski definition) is 7. The highest BCUT2D eigenvalue weighted by atomic mass is 16.5. The van der Waals surface area contributed by atoms with E-state index in [4.69, 9.17) is 15.4 Å². The van der Waals surface area contributed by atoms with Crippen molar-refractivity contribution < 1.29 is 14.6 Å². The molecule has 1 aliphatic rings. The number of aromatic nitrogens is 3. The van der Waals surface area contributed by atoms with Crippen molar-refractivity contribution in [2.45, 2.75) is 25.4 Å². The van der Waals surface area contributed by atoms with Crippen LogP contribution in [0.2, 0.25) is 0 Å². The molecule has 1 amide bonds. The summed E-state index contributed by atoms with van der Waals surface area (Å²) in [6.07, 6.45) is 4.27. The molecule has 0 radical (unpaired) electrons. The average molecular weight is 447 g/mol. The SMILES string of the molecule is CCOc1cc(-c2ccc(N3CC[C@H](N=[N+]=[N-])[C@@H](NC(=O)O)C3)nc2)c2c(C#N)cnn2c1. The van der Waals surface area contributed by atoms with E-state index in [-0.39, 0.29) is 0 Å². The van der Waals surface area contributed by atoms with E-state index in [0.717, 1.165) is 11.1 Å². The Kier molecular flexibility index (Phi) is 6.15. The van der Waals surface area contributed by atoms with Crippen LogP contribution in [-0.2, 0) is 0 Å². The summed E-state index contributed by atoms with van der Waals surface area (Å²) in [5.41, 5.74) is 11.4. The summed E-state index contributed by atoms with van der Waals surface area (Å²) in [5, 5.41) is 29.0. The van der Waals surface area contributed by atoms with Gasteiger partial charge in [-0.15, -0.1) is 0 Å². The molecule has 3 aromatic rings. The summed E-state index contributed by atoms with van der Waals surface area (Å²) < 4.78 is 7.27. The predicted octanol–water partition coefficient (Wildman–Crippen LogP) is 3.19. The molecule has 0 unspecified atom stereocenters. The van der Waals surface area contributed by atoms with E-state index in [2.05, 4.69) is 31.5 Å². The average Bonchev–Trinajstić information content (AvgIpc) is 3.23. The molecule has 0 aliphatic carbocycles. The standard InChI is InChI=1S/C21H21N9O3/c1-2-33-15-7-16(20-14(8-22)10-25-30(20)11-15)13-3-4-19(24-9-13)29-6-5-17(27-28-23)18(12-29)26-21(31)32/h3-4,7,9-11,17-18,26H,2,5-6,12H2,1H3,(H,31,32)/t17-,18-/m0/s1. The van der Waals surface area contributed by atoms with Gasteiger partial charge in [-0.1, -0.05) is 5.11 Å². The van der Waals surface area contributed by atoms with Gasteiger partial charge in [0.25, 0.3) is 0 Å². The Morgan fingerprint density at radius 3 is 3.00 bits per heavy atom. The van der Waals surface area contributed by atoms with Gasteiger partial charge in [0, 0.05) is 35.3 Å². The van der Waals surface area contributed by atoms with Gasteiger partial charge in [-0.2, -0.15) is 10.4 Å². The Hall–Kier alpha value is -4.49. The van der Waals surface area contributed by atoms with Gasteiger partial charge in [0.15, 0.2) is 0 Å². The van der Waals surface area contributed by atoms with Gasteiger partial charge in [-0.25, -0.2) is 14.3 Å². The van der Waals surface area contributed by atoms with Crippen molar-refractivity contribution in [1.82, 2.24) is 19.9 Å². The van der Waals surface area contributed by atoms with Crippen LogP contribution in [0.5, 0.6) is 5.75 Å². The fourth-order valence-corrected chi connectivity index (χ4v) is 4.03. The predicted molar refractivity (Wildman–Crippen MR) is 119 cm³/mol. The maximum absolute atomic E-state index is 11.2. The number of hydrogen-bond donors (Lipinski definition) is 2. The number of piperidine rings is 1. The third-order valence-electron chi connectivity index (χ3n) is 5.49. The molecule has 12 nitrogen and oxygen atoms in total. The second kappa shape index (κ2) is 9.33. The van der Waals surface area contributed by atoms with Gasteiger partial charge < -0.3 is 20.1 Å². The van der Waals surface area contributed by atoms with Crippen LogP contribution in [0.25, 0.3) is 27.1 Å². The fourth-order valence-electron chi connectivity index (χ4n) is 4.03. The molecule has 33 heavy (non-hydrogen) atoms. The summed E-state index contributed by atoms with van der Waals surface area (Å²) >= 11 is 0. The second-order valence-electron chi connectivity index (χ2n) is 7.45. The van der Waals surface area contributed by atoms with Gasteiger partial charge in [-0.05, 0) is 37.1 Å². The number of amides is 1. The van der Waals surface area contributed by atoms with E-state index in [1.54, 1.807) is 16.9 Å². The third-order valence-corrected chi connectivity index (χ3v) is 5.49. The molecule has 0 bridgehead atoms. The quantitative estimate of drug-likeness (QED) is 0.333. The lowest BCUT2D eigenvalue weighted by atomic mass is 10.00. The number of fused-ring (bicyclic) bond motifs is 1. The van der Waals surface area contributed by atoms with Gasteiger partial charge in [0.1, 0.15) is 17.6 Å². The number of nitriles is 1. The zero-order chi connectivity index (χ0) is 23.4. The third kappa shape index (κ3) is 4.44. The van der Waals surface area contributed by atoms with E-state index >= 15 is 0 Å². The van der Waals surface area contributed by atoms with E-state index in [1.807, 2.05) is 30.0 Å². The van der Waals surface area contributed by atoms with E-state index in [0.29, 0.717) is 48.8 Å². The first-order valence-corrected chi connectivity index (χ1v) is 10.3. The largest absolute Gasteiger partial charge is 0.492 e. The zero-order valence-electron chi connectivity index (χ0n) is 17.8. The topological polar surface area (TPSA) is 165 Å². The summed E-state index contributed by atoms with van der Waals surface area (Å²) in [6, 6.07) is 6.76. The number of azide groups is 1. The molecule has 0 spiro atoms. The molecular weight excluding hydrogens is 426 g/mol. The van der Waals surface area contributed by atoms with Crippen LogP contribution < -0.4 is 15.0 Å². The second-order valence-corrected chi connectivity index (χ2v) is 7.45. The van der Waals surface area contributed by atoms with Crippen molar-refractivity contribution in [2.24, 2.45) is 5.11 Å². The molecule has 1 saturated heterocycles. The minimum atomic E-state index is -1.17. The Balaban J connectivity index is 1.64. The van der Waals surface area contributed by atoms with Crippen molar-refractivity contribution in [3.63, 3.8) is 0 Å². The molecular formula is C21H21N9O3. The molecule has 168 valence electrons. The lowest BCUT2D eigenvalue weighted by molar-refractivity contribution is 0.186. The van der Waals surface area contributed by atoms with Crippen LogP contribution in [0.1, 0.15) is 18.9 Å². The van der Waals surface area contributed by atoms with E-state index < -0.39 is 18.2 Å². The first-order chi connectivity index (χ1) is 16.0. The maximum atomic E-state index is 11.2. The van der Waals surface area contributed by atoms with Crippen LogP contribution >= 0.6 is 0 Å². The van der Waals surface area contributed by atoms with Crippen LogP contribution in [0.15, 0.2) is 41.9 Å². The lowest BCUT2D eigenvalue weighted by Gasteiger charge is -2.37. The Morgan fingerprint density at radius 1 is 1.48 bits per heavy atom. The zero-order valence-corrected chi connectivity index (χ0v) is 17.8. The number of pyridine rings is 2. The van der Waals surface area contributed by atoms with Crippen molar-refractivity contribution in [3.05, 3.63) is 52.8 Å². The molecule has 1 aliphatic heterocycles. The number of ether oxygens (including phenoxy) is 1. The van der Waals surface area contributed by atoms with Crippen LogP contribution in [-0.4, -0.2) is 57.6 Å². The van der Waals surface area contributed by atoms with Gasteiger partial charge in [-0.3, -0.25) is 0 Å². The van der Waals surface area contributed by atoms with E-state index in [9.17, 15) is 10.1 Å². The number of anilines is 1. The van der Waals surface area contributed by atoms with Crippen LogP contribution in [0.4, 0.5) is 10.6 Å². The fraction of sp³-hybridized carbons (Fsp3) is 0.333. The molecule has 2 atom stereocenters. The summed E-state index contributed by atoms with van der Waals surface area (Å²) in [6.45, 7) is 3.28. The Bertz CT molecular complexity index is 1260. The number of carboxylic acid groups (broad SMARTS) is 1. The van der Waals surface area contributed by atoms with Gasteiger partial charge in [0.2, 0.25) is 0 Å². The highest BCUT2D eigenvalue weighted by molar-refractivity contribution is 5.85. The first-order valence-electron chi connectivity index (χ1n) is 10.3. The highest BCUT2D eigenvalue weighted by Crippen LogP contribution is 2.31. The van der Waals surface area contributed by atoms with Crippen LogP contribution in [0.3, 0.4) is 0 Å². The number of nitrogens with zero attached hydrogens (tertiary/aromatic N) is 8. The molecule has 4 rings (SSSR count). The Morgan fingerprint density at radius 2 is 2.33 bits per heavy atom. The minimum absolute atomic E-state index is 0.327. The smallest absolute Gasteiger partial charge is 0.404 e. The minimum Gasteiger partial charge on any atom is -0.492 e. The lowest BCUT2D eigenvalue weighted by Crippen LogP contribution is -2.54. The first kappa shape index (κ1) is 21.7. The molecule has 1 fully saturated rings. The summed E-state index contributed by atoms with van der Waals surface area (Å²) in [7, 11) is 0. The van der Waals surface area contributed by atoms with Crippen LogP contribution in [0, 0.1) is 11.3 Å². The highest BCUT2D eigenvalue weighted by Gasteiger charge is 2.30. The van der Waals surface area contributed by atoms with Crippen molar-refractivity contribution in [3.8, 4) is 22.9 Å². The number of rotatable bonds is 6. The van der Waals surface area contributed by atoms with Gasteiger partial charge in [0.05, 0.1) is 42.2 Å². The molecule has 0 aromatic carbocycles. The summed E-state index contributed by atoms with van der Waals surface area (Å²) in [4.78, 5) is 20.5. The molecule has 0 saturated carbocycles. The van der Waals surface area contributed by atoms with E-state index in [1.165, 1.54) is 6.20 Å². The van der Waals surface area contributed by atoms with Gasteiger partial charge >= 0.3 is 6.09 Å². The van der Waals surface area contributed by atoms with Crippen molar-refractivity contribution >= 4 is 17.4 Å². The molecule has 12 heteroatoms. The molecule has 3 aromatic heterocycles. The number of carbonyl (C=O) groups is 1. The molecule has 2 N–H and O–H groups in total. The maximum Gasteiger partial charge on any atom is 0.404 e. The molecule has 4 heterocycles.